The van der Waals surface area contributed by atoms with Crippen molar-refractivity contribution in [2.24, 2.45) is 0 Å². The molecule has 34 heavy (non-hydrogen) atoms. The molecule has 3 aromatic rings. The molecule has 3 nitrogen and oxygen atoms in total. The Balaban J connectivity index is 1.54. The molecule has 5 rings (SSSR count). The maximum absolute atomic E-state index is 13.7. The van der Waals surface area contributed by atoms with Gasteiger partial charge < -0.3 is 10.6 Å². The van der Waals surface area contributed by atoms with Gasteiger partial charge in [0.2, 0.25) is 0 Å². The summed E-state index contributed by atoms with van der Waals surface area (Å²) in [6.07, 6.45) is 3.44. The number of carbonyl (C=O) groups excluding carboxylic acids is 1. The van der Waals surface area contributed by atoms with E-state index in [1.807, 2.05) is 12.1 Å². The van der Waals surface area contributed by atoms with Gasteiger partial charge in [-0.1, -0.05) is 69.3 Å². The molecule has 1 aliphatic carbocycles. The van der Waals surface area contributed by atoms with Gasteiger partial charge in [-0.2, -0.15) is 0 Å². The Hall–Kier alpha value is -2.98. The highest BCUT2D eigenvalue weighted by atomic mass is 32.2. The molecule has 0 saturated carbocycles. The fourth-order valence-corrected chi connectivity index (χ4v) is 5.44. The van der Waals surface area contributed by atoms with Crippen LogP contribution in [-0.4, -0.2) is 12.0 Å². The van der Waals surface area contributed by atoms with Crippen molar-refractivity contribution < 1.29 is 4.79 Å². The topological polar surface area (TPSA) is 41.1 Å². The van der Waals surface area contributed by atoms with E-state index in [4.69, 9.17) is 0 Å². The fraction of sp³-hybridized carbons (Fsp3) is 0.300. The van der Waals surface area contributed by atoms with E-state index in [0.29, 0.717) is 6.42 Å². The highest BCUT2D eigenvalue weighted by Crippen LogP contribution is 2.44. The van der Waals surface area contributed by atoms with E-state index < -0.39 is 0 Å². The van der Waals surface area contributed by atoms with Crippen LogP contribution in [0.5, 0.6) is 0 Å². The van der Waals surface area contributed by atoms with Crippen LogP contribution in [0.25, 0.3) is 0 Å². The Morgan fingerprint density at radius 3 is 2.12 bits per heavy atom. The quantitative estimate of drug-likeness (QED) is 0.387. The first-order valence-corrected chi connectivity index (χ1v) is 13.2. The molecule has 0 bridgehead atoms. The molecule has 1 aliphatic heterocycles. The van der Waals surface area contributed by atoms with Crippen LogP contribution in [0.15, 0.2) is 89.0 Å². The van der Waals surface area contributed by atoms with Gasteiger partial charge in [-0.15, -0.1) is 11.8 Å². The first kappa shape index (κ1) is 22.8. The summed E-state index contributed by atoms with van der Waals surface area (Å²) in [5, 5.41) is 7.32. The number of para-hydroxylation sites is 2. The summed E-state index contributed by atoms with van der Waals surface area (Å²) >= 11 is 1.73. The van der Waals surface area contributed by atoms with Gasteiger partial charge >= 0.3 is 0 Å². The van der Waals surface area contributed by atoms with Gasteiger partial charge in [0.1, 0.15) is 0 Å². The Morgan fingerprint density at radius 2 is 1.47 bits per heavy atom. The summed E-state index contributed by atoms with van der Waals surface area (Å²) < 4.78 is 0. The molecule has 0 fully saturated rings. The number of anilines is 2. The third-order valence-corrected chi connectivity index (χ3v) is 7.75. The Morgan fingerprint density at radius 1 is 0.824 bits per heavy atom. The van der Waals surface area contributed by atoms with Gasteiger partial charge in [-0.25, -0.2) is 0 Å². The molecule has 0 aromatic heterocycles. The van der Waals surface area contributed by atoms with Gasteiger partial charge in [0.25, 0.3) is 0 Å². The molecular formula is C30H32N2OS. The lowest BCUT2D eigenvalue weighted by atomic mass is 9.77. The lowest BCUT2D eigenvalue weighted by Gasteiger charge is -2.30. The lowest BCUT2D eigenvalue weighted by Crippen LogP contribution is -2.27. The number of benzene rings is 3. The number of hydrogen-bond donors (Lipinski definition) is 2. The molecule has 4 heteroatoms. The van der Waals surface area contributed by atoms with Crippen molar-refractivity contribution in [3.05, 3.63) is 101 Å². The standard InChI is InChI=1S/C30H32N2OS/c1-30(2,3)22-13-9-19(10-14-22)21-17-26-28(27(33)18-21)29(20-11-15-23(34-4)16-12-20)32-25-8-6-5-7-24(25)31-26/h5-16,21,29,31-32H,17-18H2,1-4H3. The van der Waals surface area contributed by atoms with Crippen LogP contribution >= 0.6 is 11.8 Å². The summed E-state index contributed by atoms with van der Waals surface area (Å²) in [5.41, 5.74) is 7.75. The number of rotatable bonds is 3. The highest BCUT2D eigenvalue weighted by molar-refractivity contribution is 7.98. The number of Topliss-reactive ketones (excluding diaryl/α,β-unsaturated/α-hetero) is 1. The molecule has 2 atom stereocenters. The first-order valence-electron chi connectivity index (χ1n) is 12.0. The van der Waals surface area contributed by atoms with E-state index in [1.165, 1.54) is 16.0 Å². The second kappa shape index (κ2) is 8.99. The maximum atomic E-state index is 13.7. The summed E-state index contributed by atoms with van der Waals surface area (Å²) in [5.74, 6) is 0.399. The number of hydrogen-bond acceptors (Lipinski definition) is 4. The van der Waals surface area contributed by atoms with Crippen LogP contribution in [-0.2, 0) is 10.2 Å². The molecule has 2 N–H and O–H groups in total. The molecule has 1 heterocycles. The normalized spacial score (nSPS) is 20.1. The smallest absolute Gasteiger partial charge is 0.163 e. The number of ketones is 1. The first-order chi connectivity index (χ1) is 16.3. The van der Waals surface area contributed by atoms with E-state index in [0.717, 1.165) is 34.6 Å². The predicted molar refractivity (Wildman–Crippen MR) is 144 cm³/mol. The summed E-state index contributed by atoms with van der Waals surface area (Å²) in [4.78, 5) is 14.9. The molecule has 0 saturated heterocycles. The van der Waals surface area contributed by atoms with E-state index in [9.17, 15) is 4.79 Å². The van der Waals surface area contributed by atoms with Crippen LogP contribution in [0.1, 0.15) is 62.3 Å². The largest absolute Gasteiger partial charge is 0.372 e. The average Bonchev–Trinajstić information content (AvgIpc) is 3.00. The van der Waals surface area contributed by atoms with Crippen LogP contribution in [0.3, 0.4) is 0 Å². The molecule has 0 amide bonds. The highest BCUT2D eigenvalue weighted by Gasteiger charge is 2.36. The van der Waals surface area contributed by atoms with Crippen LogP contribution in [0.2, 0.25) is 0 Å². The summed E-state index contributed by atoms with van der Waals surface area (Å²) in [7, 11) is 0. The van der Waals surface area contributed by atoms with E-state index in [-0.39, 0.29) is 23.2 Å². The maximum Gasteiger partial charge on any atom is 0.163 e. The van der Waals surface area contributed by atoms with Crippen molar-refractivity contribution in [3.63, 3.8) is 0 Å². The van der Waals surface area contributed by atoms with E-state index in [2.05, 4.69) is 98.3 Å². The zero-order valence-electron chi connectivity index (χ0n) is 20.3. The van der Waals surface area contributed by atoms with Crippen LogP contribution in [0, 0.1) is 0 Å². The third-order valence-electron chi connectivity index (χ3n) is 7.01. The van der Waals surface area contributed by atoms with E-state index >= 15 is 0 Å². The van der Waals surface area contributed by atoms with Crippen molar-refractivity contribution in [1.82, 2.24) is 0 Å². The van der Waals surface area contributed by atoms with Gasteiger partial charge in [0, 0.05) is 22.6 Å². The van der Waals surface area contributed by atoms with Gasteiger partial charge in [0.05, 0.1) is 17.4 Å². The molecule has 174 valence electrons. The second-order valence-electron chi connectivity index (χ2n) is 10.3. The minimum absolute atomic E-state index is 0.119. The molecule has 0 spiro atoms. The molecule has 0 radical (unpaired) electrons. The van der Waals surface area contributed by atoms with Crippen molar-refractivity contribution in [1.29, 1.82) is 0 Å². The predicted octanol–water partition coefficient (Wildman–Crippen LogP) is 7.69. The third kappa shape index (κ3) is 4.39. The summed E-state index contributed by atoms with van der Waals surface area (Å²) in [6, 6.07) is 25.5. The number of carbonyl (C=O) groups is 1. The van der Waals surface area contributed by atoms with Crippen molar-refractivity contribution >= 4 is 28.9 Å². The zero-order valence-corrected chi connectivity index (χ0v) is 21.1. The van der Waals surface area contributed by atoms with Crippen molar-refractivity contribution in [2.45, 2.75) is 55.9 Å². The lowest BCUT2D eigenvalue weighted by molar-refractivity contribution is -0.116. The number of allylic oxidation sites excluding steroid dienone is 1. The minimum Gasteiger partial charge on any atom is -0.372 e. The van der Waals surface area contributed by atoms with Crippen LogP contribution < -0.4 is 10.6 Å². The van der Waals surface area contributed by atoms with Crippen molar-refractivity contribution in [2.75, 3.05) is 16.9 Å². The van der Waals surface area contributed by atoms with Gasteiger partial charge in [-0.3, -0.25) is 4.79 Å². The minimum atomic E-state index is -0.168. The zero-order chi connectivity index (χ0) is 23.9. The molecule has 2 aliphatic rings. The average molecular weight is 469 g/mol. The van der Waals surface area contributed by atoms with Gasteiger partial charge in [0.15, 0.2) is 5.78 Å². The number of thioether (sulfide) groups is 1. The van der Waals surface area contributed by atoms with Crippen LogP contribution in [0.4, 0.5) is 11.4 Å². The molecular weight excluding hydrogens is 436 g/mol. The second-order valence-corrected chi connectivity index (χ2v) is 11.2. The number of fused-ring (bicyclic) bond motifs is 1. The Kier molecular flexibility index (Phi) is 6.03. The van der Waals surface area contributed by atoms with Gasteiger partial charge in [-0.05, 0) is 65.0 Å². The SMILES string of the molecule is CSc1ccc(C2Nc3ccccc3NC3=C2C(=O)CC(c2ccc(C(C)(C)C)cc2)C3)cc1. The Labute approximate surface area is 207 Å². The summed E-state index contributed by atoms with van der Waals surface area (Å²) in [6.45, 7) is 6.69. The molecule has 3 aromatic carbocycles. The van der Waals surface area contributed by atoms with E-state index in [1.54, 1.807) is 11.8 Å². The Bertz CT molecular complexity index is 1240. The molecule has 2 unspecified atom stereocenters. The van der Waals surface area contributed by atoms with Crippen molar-refractivity contribution in [3.8, 4) is 0 Å². The monoisotopic (exact) mass is 468 g/mol. The fourth-order valence-electron chi connectivity index (χ4n) is 5.03. The number of nitrogens with one attached hydrogen (secondary N) is 2.